The van der Waals surface area contributed by atoms with Crippen LogP contribution in [0.2, 0.25) is 0 Å². The van der Waals surface area contributed by atoms with Gasteiger partial charge in [0.15, 0.2) is 6.10 Å². The minimum atomic E-state index is -4.64. The van der Waals surface area contributed by atoms with Crippen LogP contribution in [0.5, 0.6) is 0 Å². The van der Waals surface area contributed by atoms with Crippen molar-refractivity contribution in [3.63, 3.8) is 0 Å². The van der Waals surface area contributed by atoms with Gasteiger partial charge in [-0.3, -0.25) is 14.2 Å². The van der Waals surface area contributed by atoms with Crippen molar-refractivity contribution in [2.75, 3.05) is 47.5 Å². The predicted molar refractivity (Wildman–Crippen MR) is 273 cm³/mol. The first-order valence-electron chi connectivity index (χ1n) is 26.1. The summed E-state index contributed by atoms with van der Waals surface area (Å²) in [5.74, 6) is -0.860. The highest BCUT2D eigenvalue weighted by atomic mass is 31.2. The summed E-state index contributed by atoms with van der Waals surface area (Å²) >= 11 is 0. The third-order valence-corrected chi connectivity index (χ3v) is 12.0. The monoisotopic (exact) mass is 932 g/mol. The molecule has 0 aromatic heterocycles. The quantitative estimate of drug-likeness (QED) is 0.0195. The fourth-order valence-corrected chi connectivity index (χ4v) is 7.68. The molecule has 0 amide bonds. The number of phosphoric acid groups is 1. The highest BCUT2D eigenvalue weighted by molar-refractivity contribution is 7.45. The molecule has 0 heterocycles. The lowest BCUT2D eigenvalue weighted by Crippen LogP contribution is -2.37. The van der Waals surface area contributed by atoms with E-state index in [1.54, 1.807) is 0 Å². The van der Waals surface area contributed by atoms with Gasteiger partial charge < -0.3 is 27.9 Å². The smallest absolute Gasteiger partial charge is 0.306 e. The van der Waals surface area contributed by atoms with Crippen molar-refractivity contribution in [2.24, 2.45) is 0 Å². The molecular weight excluding hydrogens is 834 g/mol. The second-order valence-corrected chi connectivity index (χ2v) is 19.9. The Hall–Kier alpha value is -2.55. The predicted octanol–water partition coefficient (Wildman–Crippen LogP) is 15.1. The van der Waals surface area contributed by atoms with Crippen LogP contribution >= 0.6 is 7.82 Å². The van der Waals surface area contributed by atoms with Crippen LogP contribution in [0.1, 0.15) is 213 Å². The summed E-state index contributed by atoms with van der Waals surface area (Å²) < 4.78 is 34.0. The number of likely N-dealkylation sites (N-methyl/N-ethyl adjacent to an activating group) is 1. The number of nitrogens with zero attached hydrogens (tertiary/aromatic N) is 1. The Morgan fingerprint density at radius 2 is 0.877 bits per heavy atom. The van der Waals surface area contributed by atoms with Gasteiger partial charge in [-0.1, -0.05) is 209 Å². The van der Waals surface area contributed by atoms with E-state index in [4.69, 9.17) is 18.5 Å². The van der Waals surface area contributed by atoms with E-state index in [0.29, 0.717) is 17.4 Å². The van der Waals surface area contributed by atoms with Crippen molar-refractivity contribution in [3.05, 3.63) is 72.9 Å². The Kier molecular flexibility index (Phi) is 44.7. The molecular formula is C55H98NO8P. The van der Waals surface area contributed by atoms with Crippen molar-refractivity contribution in [2.45, 2.75) is 219 Å². The molecule has 0 aromatic rings. The molecule has 65 heavy (non-hydrogen) atoms. The van der Waals surface area contributed by atoms with Gasteiger partial charge in [-0.05, 0) is 64.2 Å². The standard InChI is InChI=1S/C55H98NO8P/c1-6-8-10-12-14-16-18-20-22-24-26-27-28-29-30-32-34-36-38-40-42-44-46-48-55(58)64-53(52-63-65(59,60)62-50-49-56(3,4)5)51-61-54(57)47-45-43-41-39-37-35-33-31-25-23-21-19-17-15-13-11-9-7-2/h8,10,14,16,20,22,26-27,29-30,34,36,53H,6-7,9,11-13,15,17-19,21,23-25,28,31-33,35,37-52H2,1-5H3/b10-8-,16-14-,22-20-,27-26-,30-29-,36-34-. The van der Waals surface area contributed by atoms with Crippen LogP contribution in [0.15, 0.2) is 72.9 Å². The SMILES string of the molecule is CC/C=C\C/C=C\C/C=C\C/C=C\C/C=C\C/C=C\CCCCCCC(=O)OC(COC(=O)CCCCCCCCCCCCCCCCCCCC)COP(=O)([O-])OCC[N+](C)(C)C. The van der Waals surface area contributed by atoms with Crippen molar-refractivity contribution < 1.29 is 42.1 Å². The average Bonchev–Trinajstić information content (AvgIpc) is 3.26. The Morgan fingerprint density at radius 1 is 0.492 bits per heavy atom. The molecule has 0 saturated carbocycles. The molecule has 0 fully saturated rings. The van der Waals surface area contributed by atoms with Crippen molar-refractivity contribution in [1.29, 1.82) is 0 Å². The van der Waals surface area contributed by atoms with E-state index in [-0.39, 0.29) is 32.0 Å². The lowest BCUT2D eigenvalue weighted by molar-refractivity contribution is -0.870. The molecule has 10 heteroatoms. The molecule has 0 radical (unpaired) electrons. The number of quaternary nitrogens is 1. The van der Waals surface area contributed by atoms with Crippen molar-refractivity contribution >= 4 is 19.8 Å². The van der Waals surface area contributed by atoms with Gasteiger partial charge >= 0.3 is 11.9 Å². The molecule has 0 bridgehead atoms. The summed E-state index contributed by atoms with van der Waals surface area (Å²) in [4.78, 5) is 37.7. The second-order valence-electron chi connectivity index (χ2n) is 18.5. The highest BCUT2D eigenvalue weighted by Crippen LogP contribution is 2.38. The van der Waals surface area contributed by atoms with Crippen molar-refractivity contribution in [1.82, 2.24) is 0 Å². The number of hydrogen-bond acceptors (Lipinski definition) is 8. The summed E-state index contributed by atoms with van der Waals surface area (Å²) in [7, 11) is 1.14. The molecule has 0 saturated heterocycles. The average molecular weight is 932 g/mol. The highest BCUT2D eigenvalue weighted by Gasteiger charge is 2.21. The van der Waals surface area contributed by atoms with Gasteiger partial charge in [-0.15, -0.1) is 0 Å². The molecule has 376 valence electrons. The van der Waals surface area contributed by atoms with Gasteiger partial charge in [0.25, 0.3) is 7.82 Å². The van der Waals surface area contributed by atoms with Crippen LogP contribution in [0.3, 0.4) is 0 Å². The van der Waals surface area contributed by atoms with Crippen LogP contribution in [-0.2, 0) is 32.7 Å². The third kappa shape index (κ3) is 50.7. The Morgan fingerprint density at radius 3 is 1.31 bits per heavy atom. The largest absolute Gasteiger partial charge is 0.756 e. The van der Waals surface area contributed by atoms with Crippen LogP contribution in [-0.4, -0.2) is 70.0 Å². The maximum Gasteiger partial charge on any atom is 0.306 e. The first-order chi connectivity index (χ1) is 31.5. The van der Waals surface area contributed by atoms with Crippen molar-refractivity contribution in [3.8, 4) is 0 Å². The van der Waals surface area contributed by atoms with Crippen LogP contribution in [0, 0.1) is 0 Å². The molecule has 0 aliphatic carbocycles. The zero-order chi connectivity index (χ0) is 47.8. The van der Waals surface area contributed by atoms with Gasteiger partial charge in [-0.25, -0.2) is 0 Å². The number of unbranched alkanes of at least 4 members (excludes halogenated alkanes) is 21. The molecule has 2 unspecified atom stereocenters. The zero-order valence-corrected chi connectivity index (χ0v) is 43.3. The topological polar surface area (TPSA) is 111 Å². The number of esters is 2. The zero-order valence-electron chi connectivity index (χ0n) is 42.4. The fraction of sp³-hybridized carbons (Fsp3) is 0.745. The van der Waals surface area contributed by atoms with Crippen LogP contribution in [0.4, 0.5) is 0 Å². The van der Waals surface area contributed by atoms with Crippen LogP contribution in [0.25, 0.3) is 0 Å². The van der Waals surface area contributed by atoms with E-state index in [1.165, 1.54) is 96.3 Å². The number of rotatable bonds is 47. The summed E-state index contributed by atoms with van der Waals surface area (Å²) in [5.41, 5.74) is 0. The maximum absolute atomic E-state index is 12.7. The normalized spacial score (nSPS) is 14.0. The molecule has 0 N–H and O–H groups in total. The second kappa shape index (κ2) is 46.6. The van der Waals surface area contributed by atoms with E-state index in [2.05, 4.69) is 86.8 Å². The Balaban J connectivity index is 4.31. The van der Waals surface area contributed by atoms with Gasteiger partial charge in [0.1, 0.15) is 19.8 Å². The third-order valence-electron chi connectivity index (χ3n) is 11.0. The number of ether oxygens (including phenoxy) is 2. The maximum atomic E-state index is 12.7. The number of carbonyl (C=O) groups excluding carboxylic acids is 2. The van der Waals surface area contributed by atoms with Gasteiger partial charge in [0, 0.05) is 12.8 Å². The van der Waals surface area contributed by atoms with Gasteiger partial charge in [0.2, 0.25) is 0 Å². The summed E-state index contributed by atoms with van der Waals surface area (Å²) in [6.07, 6.45) is 59.3. The van der Waals surface area contributed by atoms with E-state index in [9.17, 15) is 19.0 Å². The van der Waals surface area contributed by atoms with Crippen LogP contribution < -0.4 is 4.89 Å². The minimum Gasteiger partial charge on any atom is -0.756 e. The summed E-state index contributed by atoms with van der Waals surface area (Å²) in [5, 5.41) is 0. The molecule has 2 atom stereocenters. The molecule has 0 spiro atoms. The van der Waals surface area contributed by atoms with E-state index in [1.807, 2.05) is 21.1 Å². The number of phosphoric ester groups is 1. The number of carbonyl (C=O) groups is 2. The van der Waals surface area contributed by atoms with Gasteiger partial charge in [0.05, 0.1) is 27.7 Å². The Bertz CT molecular complexity index is 1330. The first kappa shape index (κ1) is 62.4. The minimum absolute atomic E-state index is 0.0385. The lowest BCUT2D eigenvalue weighted by atomic mass is 10.0. The fourth-order valence-electron chi connectivity index (χ4n) is 6.95. The number of hydrogen-bond donors (Lipinski definition) is 0. The molecule has 0 aromatic carbocycles. The number of allylic oxidation sites excluding steroid dienone is 12. The summed E-state index contributed by atoms with van der Waals surface area (Å²) in [6.45, 7) is 4.10. The molecule has 0 rings (SSSR count). The Labute approximate surface area is 399 Å². The van der Waals surface area contributed by atoms with E-state index in [0.717, 1.165) is 83.5 Å². The van der Waals surface area contributed by atoms with Gasteiger partial charge in [-0.2, -0.15) is 0 Å². The summed E-state index contributed by atoms with van der Waals surface area (Å²) in [6, 6.07) is 0. The molecule has 9 nitrogen and oxygen atoms in total. The van der Waals surface area contributed by atoms with E-state index >= 15 is 0 Å². The first-order valence-corrected chi connectivity index (χ1v) is 27.6. The molecule has 0 aliphatic rings. The van der Waals surface area contributed by atoms with E-state index < -0.39 is 26.5 Å². The molecule has 0 aliphatic heterocycles. The lowest BCUT2D eigenvalue weighted by Gasteiger charge is -2.28.